The van der Waals surface area contributed by atoms with Gasteiger partial charge in [0.15, 0.2) is 10.3 Å². The van der Waals surface area contributed by atoms with Crippen LogP contribution in [0.1, 0.15) is 0 Å². The number of ether oxygens (including phenoxy) is 2. The molecule has 1 N–H and O–H groups in total. The number of rotatable bonds is 6. The van der Waals surface area contributed by atoms with Gasteiger partial charge in [0.25, 0.3) is 0 Å². The number of carbonyl (C=O) groups is 1. The van der Waals surface area contributed by atoms with E-state index >= 15 is 0 Å². The lowest BCUT2D eigenvalue weighted by Gasteiger charge is -2.30. The van der Waals surface area contributed by atoms with Gasteiger partial charge in [-0.1, -0.05) is 11.8 Å². The summed E-state index contributed by atoms with van der Waals surface area (Å²) in [5, 5.41) is 5.71. The molecule has 0 aliphatic carbocycles. The topological polar surface area (TPSA) is 106 Å². The van der Waals surface area contributed by atoms with E-state index in [1.807, 2.05) is 5.38 Å². The average Bonchev–Trinajstić information content (AvgIpc) is 3.26. The Kier molecular flexibility index (Phi) is 6.52. The first-order valence-corrected chi connectivity index (χ1v) is 10.9. The van der Waals surface area contributed by atoms with E-state index in [0.717, 1.165) is 26.2 Å². The summed E-state index contributed by atoms with van der Waals surface area (Å²) < 4.78 is 10.8. The van der Waals surface area contributed by atoms with Crippen molar-refractivity contribution >= 4 is 46.0 Å². The van der Waals surface area contributed by atoms with E-state index in [-0.39, 0.29) is 11.7 Å². The number of aromatic nitrogens is 4. The summed E-state index contributed by atoms with van der Waals surface area (Å²) in [5.41, 5.74) is 0. The highest BCUT2D eigenvalue weighted by Gasteiger charge is 2.21. The average molecular weight is 424 g/mol. The number of amides is 1. The van der Waals surface area contributed by atoms with E-state index < -0.39 is 0 Å². The third-order valence-electron chi connectivity index (χ3n) is 4.19. The number of hydrogen-bond acceptors (Lipinski definition) is 11. The minimum Gasteiger partial charge on any atom is -0.378 e. The first kappa shape index (κ1) is 19.3. The van der Waals surface area contributed by atoms with Gasteiger partial charge in [0, 0.05) is 37.8 Å². The maximum atomic E-state index is 12.2. The highest BCUT2D eigenvalue weighted by Crippen LogP contribution is 2.22. The van der Waals surface area contributed by atoms with Crippen LogP contribution in [-0.4, -0.2) is 84.2 Å². The lowest BCUT2D eigenvalue weighted by Crippen LogP contribution is -2.40. The molecule has 28 heavy (non-hydrogen) atoms. The number of carbonyl (C=O) groups excluding carboxylic acids is 1. The Balaban J connectivity index is 1.48. The minimum absolute atomic E-state index is 0.138. The Bertz CT molecular complexity index is 744. The van der Waals surface area contributed by atoms with Crippen molar-refractivity contribution in [1.29, 1.82) is 0 Å². The van der Waals surface area contributed by atoms with Crippen molar-refractivity contribution in [2.75, 3.05) is 73.5 Å². The highest BCUT2D eigenvalue weighted by atomic mass is 32.2. The molecular weight excluding hydrogens is 402 g/mol. The number of morpholine rings is 2. The SMILES string of the molecule is O=C(CSc1nc(N2CCOCC2)nc(N2CCOCC2)n1)Nc1nccs1. The van der Waals surface area contributed by atoms with E-state index in [0.29, 0.717) is 48.6 Å². The predicted molar refractivity (Wildman–Crippen MR) is 107 cm³/mol. The van der Waals surface area contributed by atoms with Crippen molar-refractivity contribution in [1.82, 2.24) is 19.9 Å². The van der Waals surface area contributed by atoms with Gasteiger partial charge in [-0.3, -0.25) is 4.79 Å². The Morgan fingerprint density at radius 2 is 1.64 bits per heavy atom. The fourth-order valence-corrected chi connectivity index (χ4v) is 3.95. The van der Waals surface area contributed by atoms with Crippen LogP contribution in [0.3, 0.4) is 0 Å². The molecule has 1 amide bonds. The molecule has 12 heteroatoms. The molecular formula is C16H21N7O3S2. The third-order valence-corrected chi connectivity index (χ3v) is 5.73. The summed E-state index contributed by atoms with van der Waals surface area (Å²) in [6, 6.07) is 0. The van der Waals surface area contributed by atoms with E-state index in [2.05, 4.69) is 35.1 Å². The molecule has 0 unspecified atom stereocenters. The number of anilines is 3. The van der Waals surface area contributed by atoms with E-state index in [1.54, 1.807) is 6.20 Å². The van der Waals surface area contributed by atoms with Gasteiger partial charge in [-0.15, -0.1) is 11.3 Å². The molecule has 2 aliphatic heterocycles. The summed E-state index contributed by atoms with van der Waals surface area (Å²) in [4.78, 5) is 34.2. The maximum absolute atomic E-state index is 12.2. The quantitative estimate of drug-likeness (QED) is 0.669. The van der Waals surface area contributed by atoms with E-state index in [4.69, 9.17) is 9.47 Å². The predicted octanol–water partition coefficient (Wildman–Crippen LogP) is 0.732. The van der Waals surface area contributed by atoms with Crippen molar-refractivity contribution in [3.63, 3.8) is 0 Å². The zero-order valence-electron chi connectivity index (χ0n) is 15.2. The van der Waals surface area contributed by atoms with Crippen molar-refractivity contribution in [2.24, 2.45) is 0 Å². The molecule has 10 nitrogen and oxygen atoms in total. The Morgan fingerprint density at radius 1 is 1.04 bits per heavy atom. The molecule has 2 aromatic heterocycles. The van der Waals surface area contributed by atoms with Crippen LogP contribution in [-0.2, 0) is 14.3 Å². The summed E-state index contributed by atoms with van der Waals surface area (Å²) in [6.45, 7) is 5.55. The lowest BCUT2D eigenvalue weighted by molar-refractivity contribution is -0.113. The van der Waals surface area contributed by atoms with Crippen molar-refractivity contribution < 1.29 is 14.3 Å². The molecule has 2 aliphatic rings. The van der Waals surface area contributed by atoms with Gasteiger partial charge < -0.3 is 24.6 Å². The first-order valence-electron chi connectivity index (χ1n) is 9.01. The largest absolute Gasteiger partial charge is 0.378 e. The number of nitrogens with zero attached hydrogens (tertiary/aromatic N) is 6. The zero-order chi connectivity index (χ0) is 19.2. The second-order valence-corrected chi connectivity index (χ2v) is 7.93. The van der Waals surface area contributed by atoms with Crippen LogP contribution >= 0.6 is 23.1 Å². The third kappa shape index (κ3) is 5.07. The molecule has 2 aromatic rings. The van der Waals surface area contributed by atoms with Crippen molar-refractivity contribution in [2.45, 2.75) is 5.16 Å². The minimum atomic E-state index is -0.138. The number of nitrogens with one attached hydrogen (secondary N) is 1. The van der Waals surface area contributed by atoms with Crippen LogP contribution in [0, 0.1) is 0 Å². The normalized spacial score (nSPS) is 17.6. The van der Waals surface area contributed by atoms with Crippen LogP contribution in [0.5, 0.6) is 0 Å². The first-order chi connectivity index (χ1) is 13.8. The fourth-order valence-electron chi connectivity index (χ4n) is 2.78. The summed E-state index contributed by atoms with van der Waals surface area (Å²) in [6.07, 6.45) is 1.66. The van der Waals surface area contributed by atoms with Crippen LogP contribution in [0.15, 0.2) is 16.7 Å². The standard InChI is InChI=1S/C16H21N7O3S2/c24-12(18-15-17-1-10-27-15)11-28-16-20-13(22-2-6-25-7-3-22)19-14(21-16)23-4-8-26-9-5-23/h1,10H,2-9,11H2,(H,17,18,24). The van der Waals surface area contributed by atoms with Crippen LogP contribution in [0.4, 0.5) is 17.0 Å². The van der Waals surface area contributed by atoms with E-state index in [1.165, 1.54) is 23.1 Å². The molecule has 0 spiro atoms. The lowest BCUT2D eigenvalue weighted by atomic mass is 10.4. The second-order valence-electron chi connectivity index (χ2n) is 6.09. The maximum Gasteiger partial charge on any atom is 0.236 e. The zero-order valence-corrected chi connectivity index (χ0v) is 16.9. The molecule has 0 bridgehead atoms. The molecule has 0 radical (unpaired) electrons. The number of hydrogen-bond donors (Lipinski definition) is 1. The molecule has 150 valence electrons. The molecule has 4 heterocycles. The molecule has 2 saturated heterocycles. The molecule has 4 rings (SSSR count). The Morgan fingerprint density at radius 3 is 2.18 bits per heavy atom. The van der Waals surface area contributed by atoms with Crippen molar-refractivity contribution in [3.8, 4) is 0 Å². The van der Waals surface area contributed by atoms with Gasteiger partial charge in [0.1, 0.15) is 0 Å². The van der Waals surface area contributed by atoms with Gasteiger partial charge in [0.2, 0.25) is 17.8 Å². The number of thioether (sulfide) groups is 1. The van der Waals surface area contributed by atoms with Gasteiger partial charge in [-0.25, -0.2) is 4.98 Å². The van der Waals surface area contributed by atoms with Gasteiger partial charge in [0.05, 0.1) is 32.2 Å². The molecule has 2 fully saturated rings. The van der Waals surface area contributed by atoms with Gasteiger partial charge in [-0.2, -0.15) is 15.0 Å². The Labute approximate surface area is 170 Å². The highest BCUT2D eigenvalue weighted by molar-refractivity contribution is 7.99. The van der Waals surface area contributed by atoms with E-state index in [9.17, 15) is 4.79 Å². The van der Waals surface area contributed by atoms with Crippen LogP contribution < -0.4 is 15.1 Å². The smallest absolute Gasteiger partial charge is 0.236 e. The monoisotopic (exact) mass is 423 g/mol. The number of thiazole rings is 1. The summed E-state index contributed by atoms with van der Waals surface area (Å²) >= 11 is 2.68. The molecule has 0 saturated carbocycles. The fraction of sp³-hybridized carbons (Fsp3) is 0.562. The Hall–Kier alpha value is -2.02. The van der Waals surface area contributed by atoms with Crippen LogP contribution in [0.2, 0.25) is 0 Å². The van der Waals surface area contributed by atoms with Crippen molar-refractivity contribution in [3.05, 3.63) is 11.6 Å². The summed E-state index contributed by atoms with van der Waals surface area (Å²) in [5.74, 6) is 1.32. The molecule has 0 aromatic carbocycles. The van der Waals surface area contributed by atoms with Gasteiger partial charge >= 0.3 is 0 Å². The van der Waals surface area contributed by atoms with Crippen LogP contribution in [0.25, 0.3) is 0 Å². The van der Waals surface area contributed by atoms with Gasteiger partial charge in [-0.05, 0) is 0 Å². The second kappa shape index (κ2) is 9.45. The molecule has 0 atom stereocenters. The summed E-state index contributed by atoms with van der Waals surface area (Å²) in [7, 11) is 0.